The average molecular weight is 417 g/mol. The van der Waals surface area contributed by atoms with Crippen molar-refractivity contribution in [1.82, 2.24) is 25.0 Å². The van der Waals surface area contributed by atoms with Gasteiger partial charge in [-0.25, -0.2) is 18.9 Å². The summed E-state index contributed by atoms with van der Waals surface area (Å²) in [6.45, 7) is 2.75. The standard InChI is InChI=1S/C18H17F2N7O3/c1-9(13-6-11(19)7-22-16(13)20)30-18(29)24-17-15(25-26-27(17)3)14-5-4-12(8-21-14)23-10(2)28/h4-9H,1-3H3,(H,23,28)(H,24,29). The second-order valence-corrected chi connectivity index (χ2v) is 6.23. The molecule has 3 aromatic heterocycles. The van der Waals surface area contributed by atoms with Crippen LogP contribution in [0.3, 0.4) is 0 Å². The highest BCUT2D eigenvalue weighted by Crippen LogP contribution is 2.25. The van der Waals surface area contributed by atoms with Gasteiger partial charge in [0.15, 0.2) is 11.5 Å². The van der Waals surface area contributed by atoms with E-state index in [9.17, 15) is 18.4 Å². The van der Waals surface area contributed by atoms with Crippen molar-refractivity contribution in [3.8, 4) is 11.4 Å². The van der Waals surface area contributed by atoms with Crippen molar-refractivity contribution < 1.29 is 23.1 Å². The van der Waals surface area contributed by atoms with Crippen molar-refractivity contribution in [3.05, 3.63) is 47.9 Å². The summed E-state index contributed by atoms with van der Waals surface area (Å²) in [6.07, 6.45) is 0.110. The zero-order chi connectivity index (χ0) is 21.8. The summed E-state index contributed by atoms with van der Waals surface area (Å²) in [5.74, 6) is -1.77. The first-order valence-corrected chi connectivity index (χ1v) is 8.67. The third kappa shape index (κ3) is 4.71. The summed E-state index contributed by atoms with van der Waals surface area (Å²) in [5.41, 5.74) is 0.906. The molecule has 10 nitrogen and oxygen atoms in total. The molecule has 30 heavy (non-hydrogen) atoms. The van der Waals surface area contributed by atoms with E-state index in [-0.39, 0.29) is 23.0 Å². The fraction of sp³-hybridized carbons (Fsp3) is 0.222. The number of nitrogens with zero attached hydrogens (tertiary/aromatic N) is 5. The van der Waals surface area contributed by atoms with Crippen LogP contribution in [-0.2, 0) is 16.6 Å². The van der Waals surface area contributed by atoms with Crippen LogP contribution < -0.4 is 10.6 Å². The van der Waals surface area contributed by atoms with E-state index in [1.807, 2.05) is 0 Å². The zero-order valence-corrected chi connectivity index (χ0v) is 16.2. The number of carbonyl (C=O) groups excluding carboxylic acids is 2. The Morgan fingerprint density at radius 2 is 1.93 bits per heavy atom. The number of halogens is 2. The number of ether oxygens (including phenoxy) is 1. The van der Waals surface area contributed by atoms with Gasteiger partial charge in [0.05, 0.1) is 29.3 Å². The number of pyridine rings is 2. The molecule has 0 radical (unpaired) electrons. The van der Waals surface area contributed by atoms with E-state index >= 15 is 0 Å². The van der Waals surface area contributed by atoms with Crippen LogP contribution in [0.2, 0.25) is 0 Å². The molecule has 156 valence electrons. The first-order valence-electron chi connectivity index (χ1n) is 8.67. The van der Waals surface area contributed by atoms with E-state index in [1.54, 1.807) is 12.1 Å². The van der Waals surface area contributed by atoms with Crippen LogP contribution in [0, 0.1) is 11.8 Å². The van der Waals surface area contributed by atoms with Gasteiger partial charge in [-0.1, -0.05) is 5.21 Å². The average Bonchev–Trinajstić information content (AvgIpc) is 3.04. The van der Waals surface area contributed by atoms with Gasteiger partial charge in [-0.2, -0.15) is 4.39 Å². The van der Waals surface area contributed by atoms with E-state index < -0.39 is 24.0 Å². The smallest absolute Gasteiger partial charge is 0.413 e. The summed E-state index contributed by atoms with van der Waals surface area (Å²) in [4.78, 5) is 30.9. The lowest BCUT2D eigenvalue weighted by Gasteiger charge is -2.15. The molecule has 3 heterocycles. The van der Waals surface area contributed by atoms with Crippen LogP contribution in [0.1, 0.15) is 25.5 Å². The number of hydrogen-bond acceptors (Lipinski definition) is 7. The van der Waals surface area contributed by atoms with Crippen LogP contribution in [-0.4, -0.2) is 37.0 Å². The lowest BCUT2D eigenvalue weighted by molar-refractivity contribution is -0.114. The molecule has 3 aromatic rings. The summed E-state index contributed by atoms with van der Waals surface area (Å²) in [7, 11) is 1.54. The monoisotopic (exact) mass is 417 g/mol. The second-order valence-electron chi connectivity index (χ2n) is 6.23. The van der Waals surface area contributed by atoms with Gasteiger partial charge < -0.3 is 10.1 Å². The third-order valence-electron chi connectivity index (χ3n) is 3.93. The molecule has 2 amide bonds. The molecule has 0 aliphatic carbocycles. The molecule has 0 spiro atoms. The molecular formula is C18H17F2N7O3. The lowest BCUT2D eigenvalue weighted by atomic mass is 10.2. The first kappa shape index (κ1) is 20.8. The Kier molecular flexibility index (Phi) is 5.95. The number of nitrogens with one attached hydrogen (secondary N) is 2. The van der Waals surface area contributed by atoms with Crippen LogP contribution in [0.25, 0.3) is 11.4 Å². The second kappa shape index (κ2) is 8.59. The molecule has 3 rings (SSSR count). The van der Waals surface area contributed by atoms with Crippen LogP contribution in [0.5, 0.6) is 0 Å². The SMILES string of the molecule is CC(=O)Nc1ccc(-c2nnn(C)c2NC(=O)OC(C)c2cc(F)cnc2F)nc1. The number of carbonyl (C=O) groups is 2. The minimum atomic E-state index is -1.10. The molecular weight excluding hydrogens is 400 g/mol. The van der Waals surface area contributed by atoms with E-state index in [2.05, 4.69) is 30.9 Å². The maximum absolute atomic E-state index is 13.8. The van der Waals surface area contributed by atoms with Crippen molar-refractivity contribution in [2.45, 2.75) is 20.0 Å². The maximum atomic E-state index is 13.8. The summed E-state index contributed by atoms with van der Waals surface area (Å²) < 4.78 is 33.5. The van der Waals surface area contributed by atoms with Crippen LogP contribution in [0.4, 0.5) is 25.1 Å². The Bertz CT molecular complexity index is 1090. The van der Waals surface area contributed by atoms with Gasteiger partial charge in [0.1, 0.15) is 11.9 Å². The molecule has 0 saturated heterocycles. The van der Waals surface area contributed by atoms with E-state index in [4.69, 9.17) is 4.74 Å². The Labute approximate surface area is 169 Å². The highest BCUT2D eigenvalue weighted by Gasteiger charge is 2.21. The van der Waals surface area contributed by atoms with Gasteiger partial charge in [0.25, 0.3) is 0 Å². The number of aromatic nitrogens is 5. The fourth-order valence-corrected chi connectivity index (χ4v) is 2.55. The van der Waals surface area contributed by atoms with Crippen molar-refractivity contribution in [2.75, 3.05) is 10.6 Å². The van der Waals surface area contributed by atoms with Gasteiger partial charge in [0, 0.05) is 14.0 Å². The Hall–Kier alpha value is -3.96. The normalized spacial score (nSPS) is 11.6. The largest absolute Gasteiger partial charge is 0.441 e. The summed E-state index contributed by atoms with van der Waals surface area (Å²) in [6, 6.07) is 4.10. The predicted octanol–water partition coefficient (Wildman–Crippen LogP) is 2.82. The number of anilines is 2. The molecule has 0 bridgehead atoms. The van der Waals surface area contributed by atoms with Crippen molar-refractivity contribution >= 4 is 23.5 Å². The molecule has 1 unspecified atom stereocenters. The minimum Gasteiger partial charge on any atom is -0.441 e. The number of amides is 2. The number of hydrogen-bond donors (Lipinski definition) is 2. The topological polar surface area (TPSA) is 124 Å². The Morgan fingerprint density at radius 3 is 2.60 bits per heavy atom. The van der Waals surface area contributed by atoms with E-state index in [0.717, 1.165) is 12.3 Å². The van der Waals surface area contributed by atoms with E-state index in [0.29, 0.717) is 11.4 Å². The highest BCUT2D eigenvalue weighted by molar-refractivity contribution is 5.89. The molecule has 0 fully saturated rings. The molecule has 12 heteroatoms. The molecule has 1 atom stereocenters. The molecule has 0 aliphatic heterocycles. The van der Waals surface area contributed by atoms with E-state index in [1.165, 1.54) is 31.8 Å². The fourth-order valence-electron chi connectivity index (χ4n) is 2.55. The first-order chi connectivity index (χ1) is 14.2. The third-order valence-corrected chi connectivity index (χ3v) is 3.93. The Balaban J connectivity index is 1.75. The summed E-state index contributed by atoms with van der Waals surface area (Å²) >= 11 is 0. The van der Waals surface area contributed by atoms with Gasteiger partial charge in [-0.05, 0) is 25.1 Å². The van der Waals surface area contributed by atoms with Crippen molar-refractivity contribution in [2.24, 2.45) is 7.05 Å². The van der Waals surface area contributed by atoms with Gasteiger partial charge >= 0.3 is 6.09 Å². The van der Waals surface area contributed by atoms with Crippen LogP contribution >= 0.6 is 0 Å². The van der Waals surface area contributed by atoms with Crippen molar-refractivity contribution in [1.29, 1.82) is 0 Å². The quantitative estimate of drug-likeness (QED) is 0.612. The molecule has 0 aromatic carbocycles. The lowest BCUT2D eigenvalue weighted by Crippen LogP contribution is -2.19. The minimum absolute atomic E-state index is 0.171. The summed E-state index contributed by atoms with van der Waals surface area (Å²) in [5, 5.41) is 12.9. The van der Waals surface area contributed by atoms with Crippen molar-refractivity contribution in [3.63, 3.8) is 0 Å². The molecule has 0 aliphatic rings. The van der Waals surface area contributed by atoms with Gasteiger partial charge in [-0.15, -0.1) is 5.10 Å². The van der Waals surface area contributed by atoms with Gasteiger partial charge in [-0.3, -0.25) is 15.1 Å². The predicted molar refractivity (Wildman–Crippen MR) is 101 cm³/mol. The molecule has 0 saturated carbocycles. The molecule has 2 N–H and O–H groups in total. The Morgan fingerprint density at radius 1 is 1.17 bits per heavy atom. The maximum Gasteiger partial charge on any atom is 0.413 e. The highest BCUT2D eigenvalue weighted by atomic mass is 19.1. The van der Waals surface area contributed by atoms with Gasteiger partial charge in [0.2, 0.25) is 11.9 Å². The number of aryl methyl sites for hydroxylation is 1. The zero-order valence-electron chi connectivity index (χ0n) is 16.2. The number of rotatable bonds is 5. The van der Waals surface area contributed by atoms with Crippen LogP contribution in [0.15, 0.2) is 30.6 Å².